The van der Waals surface area contributed by atoms with Crippen LogP contribution < -0.4 is 4.74 Å². The largest absolute Gasteiger partial charge is 0.496 e. The quantitative estimate of drug-likeness (QED) is 0.809. The number of aromatic nitrogens is 1. The zero-order chi connectivity index (χ0) is 12.4. The lowest BCUT2D eigenvalue weighted by Gasteiger charge is -2.15. The number of rotatable bonds is 3. The average Bonchev–Trinajstić information content (AvgIpc) is 2.81. The van der Waals surface area contributed by atoms with Gasteiger partial charge in [0.2, 0.25) is 0 Å². The SMILES string of the molecule is COc1cc(C)c(-c2cscn2)cc1C(C)C. The Morgan fingerprint density at radius 1 is 1.29 bits per heavy atom. The second-order valence-electron chi connectivity index (χ2n) is 4.44. The molecule has 90 valence electrons. The zero-order valence-corrected chi connectivity index (χ0v) is 11.5. The van der Waals surface area contributed by atoms with E-state index >= 15 is 0 Å². The van der Waals surface area contributed by atoms with Crippen LogP contribution in [0.5, 0.6) is 5.75 Å². The number of benzene rings is 1. The van der Waals surface area contributed by atoms with E-state index < -0.39 is 0 Å². The van der Waals surface area contributed by atoms with Crippen molar-refractivity contribution in [2.24, 2.45) is 0 Å². The molecule has 0 aliphatic heterocycles. The molecule has 0 fully saturated rings. The Balaban J connectivity index is 2.58. The highest BCUT2D eigenvalue weighted by Crippen LogP contribution is 2.34. The highest BCUT2D eigenvalue weighted by molar-refractivity contribution is 7.07. The van der Waals surface area contributed by atoms with Crippen molar-refractivity contribution in [3.63, 3.8) is 0 Å². The lowest BCUT2D eigenvalue weighted by Crippen LogP contribution is -1.97. The van der Waals surface area contributed by atoms with Crippen LogP contribution in [0.2, 0.25) is 0 Å². The number of hydrogen-bond acceptors (Lipinski definition) is 3. The maximum atomic E-state index is 5.44. The fourth-order valence-electron chi connectivity index (χ4n) is 1.95. The Hall–Kier alpha value is -1.35. The molecule has 2 rings (SSSR count). The molecule has 1 heterocycles. The molecule has 0 aliphatic rings. The van der Waals surface area contributed by atoms with Gasteiger partial charge < -0.3 is 4.74 Å². The predicted octanol–water partition coefficient (Wildman–Crippen LogP) is 4.25. The number of methoxy groups -OCH3 is 1. The number of nitrogens with zero attached hydrogens (tertiary/aromatic N) is 1. The standard InChI is InChI=1S/C14H17NOS/c1-9(2)11-6-12(13-7-17-8-15-13)10(3)5-14(11)16-4/h5-9H,1-4H3. The van der Waals surface area contributed by atoms with Gasteiger partial charge in [-0.2, -0.15) is 0 Å². The molecule has 0 aliphatic carbocycles. The minimum atomic E-state index is 0.447. The molecule has 2 aromatic rings. The molecular weight excluding hydrogens is 230 g/mol. The number of aryl methyl sites for hydroxylation is 1. The van der Waals surface area contributed by atoms with Crippen molar-refractivity contribution in [2.45, 2.75) is 26.7 Å². The molecule has 0 amide bonds. The van der Waals surface area contributed by atoms with Crippen molar-refractivity contribution >= 4 is 11.3 Å². The Bertz CT molecular complexity index is 503. The highest BCUT2D eigenvalue weighted by Gasteiger charge is 2.13. The molecule has 0 spiro atoms. The smallest absolute Gasteiger partial charge is 0.122 e. The van der Waals surface area contributed by atoms with Crippen molar-refractivity contribution in [2.75, 3.05) is 7.11 Å². The van der Waals surface area contributed by atoms with E-state index in [1.807, 2.05) is 5.51 Å². The molecule has 0 N–H and O–H groups in total. The van der Waals surface area contributed by atoms with Gasteiger partial charge in [0.25, 0.3) is 0 Å². The van der Waals surface area contributed by atoms with Crippen LogP contribution in [0.25, 0.3) is 11.3 Å². The van der Waals surface area contributed by atoms with E-state index in [2.05, 4.69) is 43.3 Å². The summed E-state index contributed by atoms with van der Waals surface area (Å²) in [6.45, 7) is 6.46. The number of ether oxygens (including phenoxy) is 1. The summed E-state index contributed by atoms with van der Waals surface area (Å²) < 4.78 is 5.44. The Kier molecular flexibility index (Phi) is 3.48. The summed E-state index contributed by atoms with van der Waals surface area (Å²) in [7, 11) is 1.73. The summed E-state index contributed by atoms with van der Waals surface area (Å²) in [6, 6.07) is 4.30. The summed E-state index contributed by atoms with van der Waals surface area (Å²) in [5, 5.41) is 2.08. The fraction of sp³-hybridized carbons (Fsp3) is 0.357. The van der Waals surface area contributed by atoms with Gasteiger partial charge in [-0.25, -0.2) is 4.98 Å². The second-order valence-corrected chi connectivity index (χ2v) is 5.16. The first-order valence-electron chi connectivity index (χ1n) is 5.70. The highest BCUT2D eigenvalue weighted by atomic mass is 32.1. The van der Waals surface area contributed by atoms with Crippen LogP contribution >= 0.6 is 11.3 Å². The van der Waals surface area contributed by atoms with Crippen LogP contribution in [0.1, 0.15) is 30.9 Å². The first-order valence-corrected chi connectivity index (χ1v) is 6.65. The van der Waals surface area contributed by atoms with Crippen LogP contribution in [-0.4, -0.2) is 12.1 Å². The van der Waals surface area contributed by atoms with Gasteiger partial charge in [-0.15, -0.1) is 11.3 Å². The lowest BCUT2D eigenvalue weighted by atomic mass is 9.95. The van der Waals surface area contributed by atoms with Gasteiger partial charge in [-0.05, 0) is 36.1 Å². The summed E-state index contributed by atoms with van der Waals surface area (Å²) >= 11 is 1.62. The second kappa shape index (κ2) is 4.88. The predicted molar refractivity (Wildman–Crippen MR) is 72.9 cm³/mol. The van der Waals surface area contributed by atoms with Gasteiger partial charge in [0.1, 0.15) is 5.75 Å². The van der Waals surface area contributed by atoms with Gasteiger partial charge in [-0.3, -0.25) is 0 Å². The van der Waals surface area contributed by atoms with Crippen molar-refractivity contribution < 1.29 is 4.74 Å². The Labute approximate surface area is 106 Å². The van der Waals surface area contributed by atoms with Crippen LogP contribution in [0, 0.1) is 6.92 Å². The first kappa shape index (κ1) is 12.1. The monoisotopic (exact) mass is 247 g/mol. The molecular formula is C14H17NOS. The van der Waals surface area contributed by atoms with Gasteiger partial charge in [-0.1, -0.05) is 13.8 Å². The van der Waals surface area contributed by atoms with E-state index in [9.17, 15) is 0 Å². The Morgan fingerprint density at radius 3 is 2.59 bits per heavy atom. The molecule has 3 heteroatoms. The van der Waals surface area contributed by atoms with E-state index in [1.54, 1.807) is 18.4 Å². The normalized spacial score (nSPS) is 10.9. The fourth-order valence-corrected chi connectivity index (χ4v) is 2.50. The van der Waals surface area contributed by atoms with Crippen LogP contribution in [0.15, 0.2) is 23.0 Å². The molecule has 0 bridgehead atoms. The minimum absolute atomic E-state index is 0.447. The number of hydrogen-bond donors (Lipinski definition) is 0. The van der Waals surface area contributed by atoms with Gasteiger partial charge >= 0.3 is 0 Å². The van der Waals surface area contributed by atoms with Crippen LogP contribution in [-0.2, 0) is 0 Å². The maximum Gasteiger partial charge on any atom is 0.122 e. The summed E-state index contributed by atoms with van der Waals surface area (Å²) in [6.07, 6.45) is 0. The van der Waals surface area contributed by atoms with E-state index in [1.165, 1.54) is 16.7 Å². The van der Waals surface area contributed by atoms with Crippen LogP contribution in [0.3, 0.4) is 0 Å². The molecule has 1 aromatic carbocycles. The van der Waals surface area contributed by atoms with Crippen molar-refractivity contribution in [3.05, 3.63) is 34.2 Å². The lowest BCUT2D eigenvalue weighted by molar-refractivity contribution is 0.407. The van der Waals surface area contributed by atoms with E-state index in [-0.39, 0.29) is 0 Å². The zero-order valence-electron chi connectivity index (χ0n) is 10.7. The molecule has 17 heavy (non-hydrogen) atoms. The molecule has 0 saturated carbocycles. The van der Waals surface area contributed by atoms with Crippen molar-refractivity contribution in [1.82, 2.24) is 4.98 Å². The van der Waals surface area contributed by atoms with E-state index in [4.69, 9.17) is 4.74 Å². The summed E-state index contributed by atoms with van der Waals surface area (Å²) in [5.74, 6) is 1.42. The topological polar surface area (TPSA) is 22.1 Å². The molecule has 1 aromatic heterocycles. The van der Waals surface area contributed by atoms with Crippen molar-refractivity contribution in [1.29, 1.82) is 0 Å². The minimum Gasteiger partial charge on any atom is -0.496 e. The van der Waals surface area contributed by atoms with Crippen LogP contribution in [0.4, 0.5) is 0 Å². The molecule has 0 radical (unpaired) electrons. The van der Waals surface area contributed by atoms with Crippen molar-refractivity contribution in [3.8, 4) is 17.0 Å². The van der Waals surface area contributed by atoms with Gasteiger partial charge in [0.15, 0.2) is 0 Å². The molecule has 0 saturated heterocycles. The molecule has 0 atom stereocenters. The average molecular weight is 247 g/mol. The third-order valence-electron chi connectivity index (χ3n) is 2.91. The van der Waals surface area contributed by atoms with Gasteiger partial charge in [0.05, 0.1) is 18.3 Å². The van der Waals surface area contributed by atoms with E-state index in [0.717, 1.165) is 11.4 Å². The third kappa shape index (κ3) is 2.34. The third-order valence-corrected chi connectivity index (χ3v) is 3.49. The van der Waals surface area contributed by atoms with E-state index in [0.29, 0.717) is 5.92 Å². The summed E-state index contributed by atoms with van der Waals surface area (Å²) in [5.41, 5.74) is 6.57. The maximum absolute atomic E-state index is 5.44. The molecule has 2 nitrogen and oxygen atoms in total. The Morgan fingerprint density at radius 2 is 2.06 bits per heavy atom. The first-order chi connectivity index (χ1) is 8.13. The molecule has 0 unspecified atom stereocenters. The summed E-state index contributed by atoms with van der Waals surface area (Å²) in [4.78, 5) is 4.38. The number of thiazole rings is 1. The van der Waals surface area contributed by atoms with Gasteiger partial charge in [0, 0.05) is 10.9 Å².